The molecule has 0 saturated heterocycles. The Hall–Kier alpha value is -2.26. The molecule has 23 heteroatoms. The number of rotatable bonds is 6. The average molecular weight is 602 g/mol. The lowest BCUT2D eigenvalue weighted by atomic mass is 10.1. The van der Waals surface area contributed by atoms with Crippen molar-refractivity contribution in [1.82, 2.24) is 0 Å². The first-order valence-corrected chi connectivity index (χ1v) is 8.07. The molecule has 2 saturated carbocycles. The maximum Gasteiger partial charge on any atom is 0.460 e. The van der Waals surface area contributed by atoms with Crippen molar-refractivity contribution >= 4 is 0 Å². The lowest BCUT2D eigenvalue weighted by molar-refractivity contribution is -0.358. The Kier molecular flexibility index (Phi) is 6.05. The van der Waals surface area contributed by atoms with Gasteiger partial charge in [0.25, 0.3) is 0 Å². The second kappa shape index (κ2) is 7.23. The predicted octanol–water partition coefficient (Wildman–Crippen LogP) is 7.75. The summed E-state index contributed by atoms with van der Waals surface area (Å²) >= 11 is 0. The van der Waals surface area contributed by atoms with Crippen LogP contribution in [0.15, 0.2) is 22.7 Å². The highest BCUT2D eigenvalue weighted by Gasteiger charge is 2.90. The fourth-order valence-electron chi connectivity index (χ4n) is 2.44. The third-order valence-corrected chi connectivity index (χ3v) is 4.65. The van der Waals surface area contributed by atoms with Crippen LogP contribution in [-0.2, 0) is 4.74 Å². The van der Waals surface area contributed by atoms with Crippen molar-refractivity contribution in [2.75, 3.05) is 0 Å². The Morgan fingerprint density at radius 1 is 0.405 bits per heavy atom. The van der Waals surface area contributed by atoms with E-state index in [0.29, 0.717) is 0 Å². The number of alkyl halides is 22. The molecule has 2 fully saturated rings. The minimum atomic E-state index is -8.02. The van der Waals surface area contributed by atoms with Crippen LogP contribution >= 0.6 is 0 Å². The van der Waals surface area contributed by atoms with Crippen LogP contribution < -0.4 is 0 Å². The van der Waals surface area contributed by atoms with Gasteiger partial charge in [-0.2, -0.15) is 96.6 Å². The van der Waals surface area contributed by atoms with Crippen LogP contribution in [0, 0.1) is 0 Å². The fraction of sp³-hybridized carbons (Fsp3) is 0.714. The molecule has 2 aliphatic rings. The molecule has 216 valence electrons. The fourth-order valence-corrected chi connectivity index (χ4v) is 2.44. The largest absolute Gasteiger partial charge is 0.460 e. The Morgan fingerprint density at radius 2 is 0.595 bits per heavy atom. The first-order valence-electron chi connectivity index (χ1n) is 8.07. The van der Waals surface area contributed by atoms with Crippen LogP contribution in [0.2, 0.25) is 0 Å². The molecular weight excluding hydrogens is 602 g/mol. The molecule has 0 amide bonds. The maximum absolute atomic E-state index is 13.9. The number of hydrogen-bond donors (Lipinski definition) is 0. The molecule has 0 bridgehead atoms. The van der Waals surface area contributed by atoms with Crippen molar-refractivity contribution < 1.29 is 101 Å². The third kappa shape index (κ3) is 3.71. The van der Waals surface area contributed by atoms with Gasteiger partial charge in [0.2, 0.25) is 0 Å². The quantitative estimate of drug-likeness (QED) is 0.223. The van der Waals surface area contributed by atoms with E-state index in [1.807, 2.05) is 0 Å². The van der Waals surface area contributed by atoms with E-state index in [1.54, 1.807) is 0 Å². The van der Waals surface area contributed by atoms with Gasteiger partial charge in [-0.25, -0.2) is 0 Å². The van der Waals surface area contributed by atoms with Crippen LogP contribution in [-0.4, -0.2) is 59.7 Å². The second-order valence-electron chi connectivity index (χ2n) is 7.10. The third-order valence-electron chi connectivity index (χ3n) is 4.65. The van der Waals surface area contributed by atoms with Crippen molar-refractivity contribution in [3.8, 4) is 0 Å². The van der Waals surface area contributed by atoms with Gasteiger partial charge in [0.15, 0.2) is 11.5 Å². The standard InChI is InChI=1S/C14F22O/c15-5(16)1(6(5,17)18)3(9(23,24)11(27,28)13(31,32)33)37-4(2-7(19,20)8(2,21)22)10(25,26)12(29,30)14(34,35)36. The van der Waals surface area contributed by atoms with Gasteiger partial charge in [-0.15, -0.1) is 0 Å². The SMILES string of the molecule is FC(F)(F)C(F)(F)C(F)(F)C(OC(=C1C(F)(F)C1(F)F)C(F)(F)C(F)(F)C(F)(F)F)=C1C(F)(F)C1(F)F. The first kappa shape index (κ1) is 31.0. The van der Waals surface area contributed by atoms with E-state index in [0.717, 1.165) is 0 Å². The van der Waals surface area contributed by atoms with Gasteiger partial charge in [-0.3, -0.25) is 0 Å². The molecule has 2 rings (SSSR count). The predicted molar refractivity (Wildman–Crippen MR) is 66.8 cm³/mol. The Balaban J connectivity index is 3.00. The molecule has 0 radical (unpaired) electrons. The Labute approximate surface area is 185 Å². The lowest BCUT2D eigenvalue weighted by Gasteiger charge is -2.33. The van der Waals surface area contributed by atoms with Gasteiger partial charge in [-0.1, -0.05) is 0 Å². The minimum Gasteiger partial charge on any atom is -0.452 e. The monoisotopic (exact) mass is 602 g/mol. The highest BCUT2D eigenvalue weighted by molar-refractivity contribution is 5.53. The Bertz CT molecular complexity index is 919. The first-order chi connectivity index (χ1) is 15.7. The number of allylic oxidation sites excluding steroid dienone is 4. The lowest BCUT2D eigenvalue weighted by Crippen LogP contribution is -2.55. The molecule has 0 N–H and O–H groups in total. The molecule has 37 heavy (non-hydrogen) atoms. The normalized spacial score (nSPS) is 23.1. The van der Waals surface area contributed by atoms with Crippen LogP contribution in [0.5, 0.6) is 0 Å². The van der Waals surface area contributed by atoms with Crippen molar-refractivity contribution in [1.29, 1.82) is 0 Å². The number of hydrogen-bond acceptors (Lipinski definition) is 1. The van der Waals surface area contributed by atoms with Gasteiger partial charge in [0, 0.05) is 0 Å². The summed E-state index contributed by atoms with van der Waals surface area (Å²) in [5, 5.41) is 0. The molecule has 2 aliphatic carbocycles. The zero-order valence-electron chi connectivity index (χ0n) is 15.7. The molecular formula is C14F22O. The number of ether oxygens (including phenoxy) is 1. The zero-order chi connectivity index (χ0) is 30.0. The van der Waals surface area contributed by atoms with Crippen LogP contribution in [0.1, 0.15) is 0 Å². The zero-order valence-corrected chi connectivity index (χ0v) is 15.7. The summed E-state index contributed by atoms with van der Waals surface area (Å²) in [4.78, 5) is 0. The summed E-state index contributed by atoms with van der Waals surface area (Å²) in [5.41, 5.74) is -8.49. The topological polar surface area (TPSA) is 9.23 Å². The van der Waals surface area contributed by atoms with Crippen molar-refractivity contribution in [3.05, 3.63) is 22.7 Å². The van der Waals surface area contributed by atoms with E-state index in [9.17, 15) is 96.6 Å². The molecule has 0 unspecified atom stereocenters. The average Bonchev–Trinajstić information content (AvgIpc) is 3.23. The summed E-state index contributed by atoms with van der Waals surface area (Å²) in [6.07, 6.45) is -15.5. The molecule has 1 nitrogen and oxygen atoms in total. The van der Waals surface area contributed by atoms with Crippen LogP contribution in [0.4, 0.5) is 96.6 Å². The second-order valence-corrected chi connectivity index (χ2v) is 7.10. The summed E-state index contributed by atoms with van der Waals surface area (Å²) in [7, 11) is 0. The molecule has 0 atom stereocenters. The Morgan fingerprint density at radius 3 is 0.730 bits per heavy atom. The summed E-state index contributed by atoms with van der Waals surface area (Å²) < 4.78 is 290. The van der Waals surface area contributed by atoms with Gasteiger partial charge >= 0.3 is 59.7 Å². The van der Waals surface area contributed by atoms with Gasteiger partial charge in [-0.05, 0) is 0 Å². The van der Waals surface area contributed by atoms with Gasteiger partial charge < -0.3 is 4.74 Å². The van der Waals surface area contributed by atoms with Crippen molar-refractivity contribution in [3.63, 3.8) is 0 Å². The van der Waals surface area contributed by atoms with Crippen molar-refractivity contribution in [2.24, 2.45) is 0 Å². The molecule has 0 spiro atoms. The smallest absolute Gasteiger partial charge is 0.452 e. The summed E-state index contributed by atoms with van der Waals surface area (Å²) in [6, 6.07) is 0. The van der Waals surface area contributed by atoms with E-state index in [2.05, 4.69) is 4.74 Å². The molecule has 0 aromatic carbocycles. The van der Waals surface area contributed by atoms with E-state index in [1.165, 1.54) is 0 Å². The highest BCUT2D eigenvalue weighted by atomic mass is 19.4. The minimum absolute atomic E-state index is 2.31. The van der Waals surface area contributed by atoms with Crippen LogP contribution in [0.3, 0.4) is 0 Å². The van der Waals surface area contributed by atoms with E-state index < -0.39 is 82.4 Å². The van der Waals surface area contributed by atoms with Crippen LogP contribution in [0.25, 0.3) is 0 Å². The van der Waals surface area contributed by atoms with E-state index >= 15 is 0 Å². The molecule has 0 aliphatic heterocycles. The summed E-state index contributed by atoms with van der Waals surface area (Å²) in [5.74, 6) is -67.5. The molecule has 0 heterocycles. The van der Waals surface area contributed by atoms with E-state index in [4.69, 9.17) is 0 Å². The van der Waals surface area contributed by atoms with Gasteiger partial charge in [0.05, 0.1) is 0 Å². The molecule has 0 aromatic heterocycles. The highest BCUT2D eigenvalue weighted by Crippen LogP contribution is 2.70. The van der Waals surface area contributed by atoms with E-state index in [-0.39, 0.29) is 0 Å². The summed E-state index contributed by atoms with van der Waals surface area (Å²) in [6.45, 7) is 0. The maximum atomic E-state index is 13.9. The number of halogens is 22. The van der Waals surface area contributed by atoms with Crippen molar-refractivity contribution in [2.45, 2.75) is 59.7 Å². The van der Waals surface area contributed by atoms with Gasteiger partial charge in [0.1, 0.15) is 11.1 Å². The molecule has 0 aromatic rings.